The monoisotopic (exact) mass is 280 g/mol. The first kappa shape index (κ1) is 13.4. The summed E-state index contributed by atoms with van der Waals surface area (Å²) >= 11 is 0. The smallest absolute Gasteiger partial charge is 0.302 e. The van der Waals surface area contributed by atoms with Gasteiger partial charge in [0.25, 0.3) is 0 Å². The van der Waals surface area contributed by atoms with E-state index in [2.05, 4.69) is 6.92 Å². The number of benzene rings is 1. The van der Waals surface area contributed by atoms with E-state index in [9.17, 15) is 4.57 Å². The predicted octanol–water partition coefficient (Wildman–Crippen LogP) is 3.82. The Balaban J connectivity index is 1.90. The molecule has 104 valence electrons. The number of aryl methyl sites for hydroxylation is 1. The molecule has 0 amide bonds. The Morgan fingerprint density at radius 1 is 1.11 bits per heavy atom. The van der Waals surface area contributed by atoms with Crippen LogP contribution in [0.1, 0.15) is 44.6 Å². The van der Waals surface area contributed by atoms with Crippen LogP contribution in [-0.2, 0) is 20.0 Å². The molecule has 0 atom stereocenters. The van der Waals surface area contributed by atoms with Crippen molar-refractivity contribution in [3.8, 4) is 0 Å². The van der Waals surface area contributed by atoms with E-state index in [0.717, 1.165) is 49.4 Å². The van der Waals surface area contributed by atoms with Crippen molar-refractivity contribution in [2.45, 2.75) is 57.7 Å². The lowest BCUT2D eigenvalue weighted by Crippen LogP contribution is -2.16. The van der Waals surface area contributed by atoms with Crippen molar-refractivity contribution in [1.29, 1.82) is 0 Å². The average molecular weight is 280 g/mol. The van der Waals surface area contributed by atoms with E-state index in [4.69, 9.17) is 9.05 Å². The van der Waals surface area contributed by atoms with Gasteiger partial charge in [-0.15, -0.1) is 0 Å². The summed E-state index contributed by atoms with van der Waals surface area (Å²) in [5.74, 6) is 0. The van der Waals surface area contributed by atoms with Gasteiger partial charge in [-0.3, -0.25) is 4.57 Å². The van der Waals surface area contributed by atoms with Crippen LogP contribution in [0, 0.1) is 0 Å². The Kier molecular flexibility index (Phi) is 3.79. The minimum absolute atomic E-state index is 0.138. The molecule has 0 aliphatic heterocycles. The zero-order valence-corrected chi connectivity index (χ0v) is 12.3. The van der Waals surface area contributed by atoms with Gasteiger partial charge in [-0.2, -0.15) is 0 Å². The van der Waals surface area contributed by atoms with Gasteiger partial charge >= 0.3 is 7.60 Å². The summed E-state index contributed by atoms with van der Waals surface area (Å²) in [5, 5.41) is 0.788. The molecular formula is C15H21O3P. The fourth-order valence-corrected chi connectivity index (χ4v) is 4.43. The Labute approximate surface area is 114 Å². The van der Waals surface area contributed by atoms with Gasteiger partial charge in [-0.05, 0) is 43.7 Å². The van der Waals surface area contributed by atoms with E-state index in [1.165, 1.54) is 0 Å². The molecular weight excluding hydrogens is 259 g/mol. The van der Waals surface area contributed by atoms with Crippen molar-refractivity contribution in [3.63, 3.8) is 0 Å². The molecule has 2 aliphatic rings. The highest BCUT2D eigenvalue weighted by molar-refractivity contribution is 7.62. The van der Waals surface area contributed by atoms with Gasteiger partial charge in [0.15, 0.2) is 0 Å². The maximum atomic E-state index is 13.2. The van der Waals surface area contributed by atoms with E-state index in [1.807, 2.05) is 24.3 Å². The maximum absolute atomic E-state index is 13.2. The van der Waals surface area contributed by atoms with Crippen LogP contribution in [0.3, 0.4) is 0 Å². The van der Waals surface area contributed by atoms with Gasteiger partial charge in [0, 0.05) is 0 Å². The lowest BCUT2D eigenvalue weighted by atomic mass is 10.1. The molecule has 1 aromatic carbocycles. The topological polar surface area (TPSA) is 35.5 Å². The number of hydrogen-bond acceptors (Lipinski definition) is 3. The zero-order chi connectivity index (χ0) is 13.3. The molecule has 2 saturated carbocycles. The largest absolute Gasteiger partial charge is 0.362 e. The quantitative estimate of drug-likeness (QED) is 0.712. The Hall–Kier alpha value is -0.630. The van der Waals surface area contributed by atoms with E-state index in [-0.39, 0.29) is 12.2 Å². The first-order chi connectivity index (χ1) is 9.21. The molecule has 0 aromatic heterocycles. The zero-order valence-electron chi connectivity index (χ0n) is 11.4. The van der Waals surface area contributed by atoms with Crippen LogP contribution in [0.15, 0.2) is 24.3 Å². The SMILES string of the molecule is CCCc1ccccc1P(=O)(OC1CC1)OC1CC1. The summed E-state index contributed by atoms with van der Waals surface area (Å²) in [6.07, 6.45) is 6.26. The van der Waals surface area contributed by atoms with Crippen molar-refractivity contribution in [2.24, 2.45) is 0 Å². The second kappa shape index (κ2) is 5.40. The average Bonchev–Trinajstić information content (AvgIpc) is 3.28. The van der Waals surface area contributed by atoms with E-state index < -0.39 is 7.60 Å². The lowest BCUT2D eigenvalue weighted by Gasteiger charge is -2.21. The first-order valence-electron chi connectivity index (χ1n) is 7.26. The van der Waals surface area contributed by atoms with E-state index >= 15 is 0 Å². The van der Waals surface area contributed by atoms with Crippen molar-refractivity contribution in [1.82, 2.24) is 0 Å². The van der Waals surface area contributed by atoms with Crippen LogP contribution < -0.4 is 5.30 Å². The van der Waals surface area contributed by atoms with Crippen LogP contribution in [0.2, 0.25) is 0 Å². The summed E-state index contributed by atoms with van der Waals surface area (Å²) in [4.78, 5) is 0. The highest BCUT2D eigenvalue weighted by Crippen LogP contribution is 2.56. The summed E-state index contributed by atoms with van der Waals surface area (Å²) < 4.78 is 24.8. The van der Waals surface area contributed by atoms with Crippen LogP contribution >= 0.6 is 7.60 Å². The second-order valence-corrected chi connectivity index (χ2v) is 7.38. The number of hydrogen-bond donors (Lipinski definition) is 0. The minimum Gasteiger partial charge on any atom is -0.302 e. The predicted molar refractivity (Wildman–Crippen MR) is 75.9 cm³/mol. The summed E-state index contributed by atoms with van der Waals surface area (Å²) in [7, 11) is -3.13. The molecule has 19 heavy (non-hydrogen) atoms. The normalized spacial score (nSPS) is 19.6. The van der Waals surface area contributed by atoms with Crippen molar-refractivity contribution < 1.29 is 13.6 Å². The second-order valence-electron chi connectivity index (χ2n) is 5.49. The van der Waals surface area contributed by atoms with Crippen molar-refractivity contribution in [2.75, 3.05) is 0 Å². The molecule has 3 rings (SSSR count). The van der Waals surface area contributed by atoms with E-state index in [1.54, 1.807) is 0 Å². The summed E-state index contributed by atoms with van der Waals surface area (Å²) in [6.45, 7) is 2.13. The molecule has 2 fully saturated rings. The summed E-state index contributed by atoms with van der Waals surface area (Å²) in [5.41, 5.74) is 1.11. The minimum atomic E-state index is -3.13. The molecule has 0 saturated heterocycles. The van der Waals surface area contributed by atoms with Gasteiger partial charge in [-0.1, -0.05) is 31.5 Å². The molecule has 0 N–H and O–H groups in total. The lowest BCUT2D eigenvalue weighted by molar-refractivity contribution is 0.198. The fourth-order valence-electron chi connectivity index (χ4n) is 2.14. The van der Waals surface area contributed by atoms with Crippen molar-refractivity contribution in [3.05, 3.63) is 29.8 Å². The van der Waals surface area contributed by atoms with Gasteiger partial charge < -0.3 is 9.05 Å². The molecule has 3 nitrogen and oxygen atoms in total. The molecule has 0 radical (unpaired) electrons. The van der Waals surface area contributed by atoms with Crippen LogP contribution in [0.25, 0.3) is 0 Å². The molecule has 0 heterocycles. The Bertz CT molecular complexity index is 474. The molecule has 1 aromatic rings. The van der Waals surface area contributed by atoms with Crippen LogP contribution in [-0.4, -0.2) is 12.2 Å². The van der Waals surface area contributed by atoms with Crippen LogP contribution in [0.4, 0.5) is 0 Å². The molecule has 0 spiro atoms. The summed E-state index contributed by atoms with van der Waals surface area (Å²) in [6, 6.07) is 7.87. The third-order valence-electron chi connectivity index (χ3n) is 3.43. The molecule has 0 unspecified atom stereocenters. The molecule has 4 heteroatoms. The van der Waals surface area contributed by atoms with Crippen LogP contribution in [0.5, 0.6) is 0 Å². The van der Waals surface area contributed by atoms with Gasteiger partial charge in [0.2, 0.25) is 0 Å². The third-order valence-corrected chi connectivity index (χ3v) is 5.61. The Morgan fingerprint density at radius 2 is 1.68 bits per heavy atom. The van der Waals surface area contributed by atoms with Gasteiger partial charge in [-0.25, -0.2) is 0 Å². The Morgan fingerprint density at radius 3 is 2.21 bits per heavy atom. The fraction of sp³-hybridized carbons (Fsp3) is 0.600. The maximum Gasteiger partial charge on any atom is 0.362 e. The highest BCUT2D eigenvalue weighted by Gasteiger charge is 2.41. The molecule has 2 aliphatic carbocycles. The first-order valence-corrected chi connectivity index (χ1v) is 8.81. The highest BCUT2D eigenvalue weighted by atomic mass is 31.2. The third kappa shape index (κ3) is 3.28. The van der Waals surface area contributed by atoms with E-state index in [0.29, 0.717) is 0 Å². The van der Waals surface area contributed by atoms with Crippen molar-refractivity contribution >= 4 is 12.9 Å². The molecule has 0 bridgehead atoms. The standard InChI is InChI=1S/C15H21O3P/c1-2-5-12-6-3-4-7-15(12)19(16,17-13-8-9-13)18-14-10-11-14/h3-4,6-7,13-14H,2,5,8-11H2,1H3. The van der Waals surface area contributed by atoms with Gasteiger partial charge in [0.1, 0.15) is 0 Å². The van der Waals surface area contributed by atoms with Gasteiger partial charge in [0.05, 0.1) is 17.5 Å². The number of rotatable bonds is 7.